The second-order valence-corrected chi connectivity index (χ2v) is 4.97. The van der Waals surface area contributed by atoms with Crippen LogP contribution in [-0.4, -0.2) is 40.4 Å². The summed E-state index contributed by atoms with van der Waals surface area (Å²) in [5.74, 6) is -0.603. The lowest BCUT2D eigenvalue weighted by Gasteiger charge is -2.35. The van der Waals surface area contributed by atoms with Gasteiger partial charge in [0.25, 0.3) is 5.91 Å². The molecule has 2 heterocycles. The Kier molecular flexibility index (Phi) is 3.90. The number of aromatic nitrogens is 1. The normalized spacial score (nSPS) is 19.5. The van der Waals surface area contributed by atoms with Crippen LogP contribution in [0.25, 0.3) is 0 Å². The highest BCUT2D eigenvalue weighted by Crippen LogP contribution is 2.19. The lowest BCUT2D eigenvalue weighted by molar-refractivity contribution is 0.0613. The Morgan fingerprint density at radius 2 is 2.16 bits per heavy atom. The minimum absolute atomic E-state index is 0.0786. The van der Waals surface area contributed by atoms with Gasteiger partial charge in [-0.1, -0.05) is 0 Å². The molecular formula is C13H20N4O2. The monoisotopic (exact) mass is 264 g/mol. The predicted octanol–water partition coefficient (Wildman–Crippen LogP) is 0.0774. The van der Waals surface area contributed by atoms with Crippen LogP contribution >= 0.6 is 0 Å². The van der Waals surface area contributed by atoms with Gasteiger partial charge in [-0.15, -0.1) is 0 Å². The number of hydrogen-bond acceptors (Lipinski definition) is 3. The Morgan fingerprint density at radius 3 is 2.74 bits per heavy atom. The number of carbonyl (C=O) groups excluding carboxylic acids is 2. The van der Waals surface area contributed by atoms with E-state index in [2.05, 4.69) is 0 Å². The van der Waals surface area contributed by atoms with E-state index in [1.807, 2.05) is 4.90 Å². The Morgan fingerprint density at radius 1 is 1.42 bits per heavy atom. The van der Waals surface area contributed by atoms with E-state index >= 15 is 0 Å². The lowest BCUT2D eigenvalue weighted by Crippen LogP contribution is -2.47. The predicted molar refractivity (Wildman–Crippen MR) is 71.7 cm³/mol. The van der Waals surface area contributed by atoms with E-state index in [9.17, 15) is 9.59 Å². The van der Waals surface area contributed by atoms with Gasteiger partial charge in [0.1, 0.15) is 5.69 Å². The fraction of sp³-hybridized carbons (Fsp3) is 0.538. The van der Waals surface area contributed by atoms with E-state index in [0.29, 0.717) is 17.8 Å². The minimum atomic E-state index is -0.524. The summed E-state index contributed by atoms with van der Waals surface area (Å²) in [6.45, 7) is 1.19. The molecule has 104 valence electrons. The van der Waals surface area contributed by atoms with Crippen molar-refractivity contribution < 1.29 is 9.59 Å². The number of rotatable bonds is 3. The largest absolute Gasteiger partial charge is 0.366 e. The van der Waals surface area contributed by atoms with Crippen molar-refractivity contribution in [3.63, 3.8) is 0 Å². The smallest absolute Gasteiger partial charge is 0.270 e. The number of nitrogens with zero attached hydrogens (tertiary/aromatic N) is 2. The summed E-state index contributed by atoms with van der Waals surface area (Å²) in [6, 6.07) is 1.64. The van der Waals surface area contributed by atoms with Crippen molar-refractivity contribution in [3.8, 4) is 0 Å². The molecule has 1 aromatic heterocycles. The summed E-state index contributed by atoms with van der Waals surface area (Å²) in [5, 5.41) is 0. The molecule has 0 aromatic carbocycles. The van der Waals surface area contributed by atoms with Gasteiger partial charge >= 0.3 is 0 Å². The highest BCUT2D eigenvalue weighted by Gasteiger charge is 2.28. The van der Waals surface area contributed by atoms with Crippen LogP contribution in [-0.2, 0) is 7.05 Å². The summed E-state index contributed by atoms with van der Waals surface area (Å²) >= 11 is 0. The van der Waals surface area contributed by atoms with Crippen LogP contribution < -0.4 is 11.5 Å². The standard InChI is InChI=1S/C13H20N4O2/c1-16-8-9(12(15)18)6-11(16)13(19)17-5-3-2-4-10(17)7-14/h6,8,10H,2-5,7,14H2,1H3,(H2,15,18)/t10-/m0/s1. The number of carbonyl (C=O) groups is 2. The lowest BCUT2D eigenvalue weighted by atomic mass is 10.0. The van der Waals surface area contributed by atoms with Gasteiger partial charge in [-0.25, -0.2) is 0 Å². The van der Waals surface area contributed by atoms with E-state index in [-0.39, 0.29) is 11.9 Å². The summed E-state index contributed by atoms with van der Waals surface area (Å²) in [7, 11) is 1.74. The summed E-state index contributed by atoms with van der Waals surface area (Å²) in [6.07, 6.45) is 4.62. The molecule has 1 aliphatic rings. The van der Waals surface area contributed by atoms with Gasteiger partial charge in [-0.3, -0.25) is 9.59 Å². The van der Waals surface area contributed by atoms with Gasteiger partial charge in [0.2, 0.25) is 5.91 Å². The van der Waals surface area contributed by atoms with Crippen LogP contribution in [0.1, 0.15) is 40.1 Å². The van der Waals surface area contributed by atoms with Crippen LogP contribution in [0.2, 0.25) is 0 Å². The molecular weight excluding hydrogens is 244 g/mol. The first-order valence-electron chi connectivity index (χ1n) is 6.51. The molecule has 0 unspecified atom stereocenters. The zero-order valence-corrected chi connectivity index (χ0v) is 11.1. The zero-order chi connectivity index (χ0) is 14.0. The molecule has 0 radical (unpaired) electrons. The van der Waals surface area contributed by atoms with Gasteiger partial charge in [0.15, 0.2) is 0 Å². The minimum Gasteiger partial charge on any atom is -0.366 e. The molecule has 0 saturated carbocycles. The number of aryl methyl sites for hydroxylation is 1. The molecule has 2 amide bonds. The molecule has 1 saturated heterocycles. The van der Waals surface area contributed by atoms with Crippen molar-refractivity contribution in [1.29, 1.82) is 0 Å². The van der Waals surface area contributed by atoms with Gasteiger partial charge in [-0.2, -0.15) is 0 Å². The molecule has 0 aliphatic carbocycles. The summed E-state index contributed by atoms with van der Waals surface area (Å²) in [4.78, 5) is 25.5. The second kappa shape index (κ2) is 5.44. The van der Waals surface area contributed by atoms with E-state index in [0.717, 1.165) is 25.8 Å². The fourth-order valence-electron chi connectivity index (χ4n) is 2.57. The quantitative estimate of drug-likeness (QED) is 0.809. The third-order valence-electron chi connectivity index (χ3n) is 3.67. The van der Waals surface area contributed by atoms with Crippen LogP contribution in [0.5, 0.6) is 0 Å². The zero-order valence-electron chi connectivity index (χ0n) is 11.1. The average Bonchev–Trinajstić information content (AvgIpc) is 2.80. The maximum atomic E-state index is 12.5. The maximum absolute atomic E-state index is 12.5. The molecule has 2 rings (SSSR count). The summed E-state index contributed by atoms with van der Waals surface area (Å²) < 4.78 is 1.64. The number of likely N-dealkylation sites (tertiary alicyclic amines) is 1. The highest BCUT2D eigenvalue weighted by molar-refractivity contribution is 5.98. The van der Waals surface area contributed by atoms with E-state index in [4.69, 9.17) is 11.5 Å². The highest BCUT2D eigenvalue weighted by atomic mass is 16.2. The molecule has 1 aliphatic heterocycles. The first kappa shape index (κ1) is 13.6. The first-order chi connectivity index (χ1) is 9.04. The van der Waals surface area contributed by atoms with Crippen molar-refractivity contribution >= 4 is 11.8 Å². The van der Waals surface area contributed by atoms with Crippen molar-refractivity contribution in [3.05, 3.63) is 23.5 Å². The van der Waals surface area contributed by atoms with E-state index in [1.165, 1.54) is 0 Å². The number of hydrogen-bond donors (Lipinski definition) is 2. The van der Waals surface area contributed by atoms with Gasteiger partial charge < -0.3 is 20.9 Å². The molecule has 1 atom stereocenters. The number of primary amides is 1. The van der Waals surface area contributed by atoms with Crippen LogP contribution in [0.4, 0.5) is 0 Å². The topological polar surface area (TPSA) is 94.3 Å². The van der Waals surface area contributed by atoms with Crippen molar-refractivity contribution in [2.45, 2.75) is 25.3 Å². The molecule has 19 heavy (non-hydrogen) atoms. The molecule has 6 nitrogen and oxygen atoms in total. The fourth-order valence-corrected chi connectivity index (χ4v) is 2.57. The van der Waals surface area contributed by atoms with Gasteiger partial charge in [0, 0.05) is 32.4 Å². The SMILES string of the molecule is Cn1cc(C(N)=O)cc1C(=O)N1CCCC[C@H]1CN. The molecule has 0 bridgehead atoms. The van der Waals surface area contributed by atoms with Crippen molar-refractivity contribution in [2.24, 2.45) is 18.5 Å². The second-order valence-electron chi connectivity index (χ2n) is 4.97. The Balaban J connectivity index is 2.25. The van der Waals surface area contributed by atoms with Crippen LogP contribution in [0, 0.1) is 0 Å². The third-order valence-corrected chi connectivity index (χ3v) is 3.67. The van der Waals surface area contributed by atoms with E-state index < -0.39 is 5.91 Å². The summed E-state index contributed by atoms with van der Waals surface area (Å²) in [5.41, 5.74) is 11.8. The molecule has 1 fully saturated rings. The molecule has 1 aromatic rings. The van der Waals surface area contributed by atoms with Gasteiger partial charge in [-0.05, 0) is 25.3 Å². The third kappa shape index (κ3) is 2.63. The van der Waals surface area contributed by atoms with Crippen molar-refractivity contribution in [1.82, 2.24) is 9.47 Å². The Bertz CT molecular complexity index is 495. The number of piperidine rings is 1. The Hall–Kier alpha value is -1.82. The molecule has 6 heteroatoms. The maximum Gasteiger partial charge on any atom is 0.270 e. The number of amides is 2. The average molecular weight is 264 g/mol. The molecule has 4 N–H and O–H groups in total. The first-order valence-corrected chi connectivity index (χ1v) is 6.51. The molecule has 0 spiro atoms. The van der Waals surface area contributed by atoms with Crippen molar-refractivity contribution in [2.75, 3.05) is 13.1 Å². The van der Waals surface area contributed by atoms with Crippen LogP contribution in [0.3, 0.4) is 0 Å². The van der Waals surface area contributed by atoms with Crippen LogP contribution in [0.15, 0.2) is 12.3 Å². The number of nitrogens with two attached hydrogens (primary N) is 2. The van der Waals surface area contributed by atoms with E-state index in [1.54, 1.807) is 23.9 Å². The Labute approximate surface area is 112 Å². The van der Waals surface area contributed by atoms with Gasteiger partial charge in [0.05, 0.1) is 5.56 Å².